The van der Waals surface area contributed by atoms with Gasteiger partial charge in [-0.3, -0.25) is 4.79 Å². The molecule has 1 aromatic heterocycles. The fraction of sp³-hybridized carbons (Fsp3) is 0.364. The molecule has 28 heavy (non-hydrogen) atoms. The average Bonchev–Trinajstić information content (AvgIpc) is 3.31. The van der Waals surface area contributed by atoms with Crippen LogP contribution in [0.4, 0.5) is 0 Å². The van der Waals surface area contributed by atoms with Crippen molar-refractivity contribution in [2.45, 2.75) is 32.2 Å². The van der Waals surface area contributed by atoms with Crippen molar-refractivity contribution in [2.75, 3.05) is 20.8 Å². The highest BCUT2D eigenvalue weighted by Crippen LogP contribution is 2.29. The van der Waals surface area contributed by atoms with E-state index in [9.17, 15) is 4.79 Å². The van der Waals surface area contributed by atoms with E-state index in [1.807, 2.05) is 35.2 Å². The van der Waals surface area contributed by atoms with Crippen molar-refractivity contribution in [1.29, 1.82) is 0 Å². The molecule has 0 aliphatic carbocycles. The van der Waals surface area contributed by atoms with Crippen molar-refractivity contribution in [1.82, 2.24) is 9.88 Å². The molecule has 0 N–H and O–H groups in total. The highest BCUT2D eigenvalue weighted by atomic mass is 16.5. The number of hydrogen-bond donors (Lipinski definition) is 0. The third-order valence-corrected chi connectivity index (χ3v) is 5.30. The molecule has 146 valence electrons. The van der Waals surface area contributed by atoms with E-state index in [1.165, 1.54) is 0 Å². The Kier molecular flexibility index (Phi) is 4.94. The van der Waals surface area contributed by atoms with Crippen LogP contribution in [0.15, 0.2) is 40.8 Å². The summed E-state index contributed by atoms with van der Waals surface area (Å²) in [5.41, 5.74) is 3.04. The van der Waals surface area contributed by atoms with Crippen molar-refractivity contribution < 1.29 is 18.7 Å². The summed E-state index contributed by atoms with van der Waals surface area (Å²) in [6.45, 7) is 2.91. The maximum atomic E-state index is 12.8. The number of amides is 1. The summed E-state index contributed by atoms with van der Waals surface area (Å²) in [7, 11) is 3.22. The number of fused-ring (bicyclic) bond motifs is 1. The molecule has 1 amide bonds. The van der Waals surface area contributed by atoms with Gasteiger partial charge in [-0.25, -0.2) is 4.98 Å². The number of methoxy groups -OCH3 is 2. The summed E-state index contributed by atoms with van der Waals surface area (Å²) in [6.07, 6.45) is 2.65. The molecule has 3 aromatic rings. The monoisotopic (exact) mass is 380 g/mol. The van der Waals surface area contributed by atoms with Crippen LogP contribution in [0.1, 0.15) is 41.6 Å². The second-order valence-corrected chi connectivity index (χ2v) is 7.15. The molecule has 2 aromatic carbocycles. The molecule has 1 aliphatic rings. The Morgan fingerprint density at radius 2 is 2.00 bits per heavy atom. The molecule has 2 heterocycles. The average molecular weight is 380 g/mol. The lowest BCUT2D eigenvalue weighted by Gasteiger charge is -2.21. The quantitative estimate of drug-likeness (QED) is 0.668. The Bertz CT molecular complexity index is 1010. The summed E-state index contributed by atoms with van der Waals surface area (Å²) < 4.78 is 16.6. The molecule has 0 bridgehead atoms. The highest BCUT2D eigenvalue weighted by Gasteiger charge is 2.26. The molecule has 4 rings (SSSR count). The van der Waals surface area contributed by atoms with Crippen LogP contribution in [-0.4, -0.2) is 42.6 Å². The Morgan fingerprint density at radius 3 is 2.71 bits per heavy atom. The van der Waals surface area contributed by atoms with Crippen molar-refractivity contribution >= 4 is 17.0 Å². The van der Waals surface area contributed by atoms with Gasteiger partial charge in [-0.05, 0) is 55.7 Å². The number of hydrogen-bond acceptors (Lipinski definition) is 5. The van der Waals surface area contributed by atoms with Crippen LogP contribution in [-0.2, 0) is 6.42 Å². The molecule has 0 saturated carbocycles. The van der Waals surface area contributed by atoms with E-state index in [4.69, 9.17) is 13.9 Å². The lowest BCUT2D eigenvalue weighted by Crippen LogP contribution is -2.33. The van der Waals surface area contributed by atoms with Gasteiger partial charge in [-0.15, -0.1) is 0 Å². The van der Waals surface area contributed by atoms with Gasteiger partial charge < -0.3 is 18.8 Å². The van der Waals surface area contributed by atoms with Crippen LogP contribution in [0.25, 0.3) is 11.1 Å². The minimum Gasteiger partial charge on any atom is -0.493 e. The van der Waals surface area contributed by atoms with Gasteiger partial charge in [-0.1, -0.05) is 6.07 Å². The van der Waals surface area contributed by atoms with Gasteiger partial charge in [0.15, 0.2) is 23.0 Å². The minimum absolute atomic E-state index is 0.0599. The summed E-state index contributed by atoms with van der Waals surface area (Å²) in [4.78, 5) is 19.3. The summed E-state index contributed by atoms with van der Waals surface area (Å²) in [5.74, 6) is 2.01. The number of carbonyl (C=O) groups excluding carboxylic acids is 1. The standard InChI is InChI=1S/C22H24N2O4/c1-14-5-4-10-24(14)22(25)16-7-8-17-19(13-16)28-21(23-17)12-15-6-9-18(26-2)20(11-15)27-3/h6-9,11,13-14H,4-5,10,12H2,1-3H3/t14-/m1/s1. The fourth-order valence-corrected chi connectivity index (χ4v) is 3.75. The number of oxazole rings is 1. The van der Waals surface area contributed by atoms with Gasteiger partial charge in [-0.2, -0.15) is 0 Å². The van der Waals surface area contributed by atoms with Crippen LogP contribution >= 0.6 is 0 Å². The van der Waals surface area contributed by atoms with Gasteiger partial charge in [0.25, 0.3) is 5.91 Å². The number of likely N-dealkylation sites (tertiary alicyclic amines) is 1. The van der Waals surface area contributed by atoms with Crippen molar-refractivity contribution in [3.63, 3.8) is 0 Å². The van der Waals surface area contributed by atoms with Crippen molar-refractivity contribution in [3.05, 3.63) is 53.4 Å². The van der Waals surface area contributed by atoms with Crippen LogP contribution in [0.2, 0.25) is 0 Å². The minimum atomic E-state index is 0.0599. The molecular weight excluding hydrogens is 356 g/mol. The fourth-order valence-electron chi connectivity index (χ4n) is 3.75. The zero-order valence-corrected chi connectivity index (χ0v) is 16.4. The van der Waals surface area contributed by atoms with E-state index in [1.54, 1.807) is 20.3 Å². The lowest BCUT2D eigenvalue weighted by molar-refractivity contribution is 0.0747. The van der Waals surface area contributed by atoms with Gasteiger partial charge in [0.05, 0.1) is 14.2 Å². The molecule has 1 fully saturated rings. The van der Waals surface area contributed by atoms with E-state index in [0.29, 0.717) is 41.0 Å². The van der Waals surface area contributed by atoms with Crippen LogP contribution in [0, 0.1) is 0 Å². The van der Waals surface area contributed by atoms with E-state index >= 15 is 0 Å². The van der Waals surface area contributed by atoms with E-state index < -0.39 is 0 Å². The topological polar surface area (TPSA) is 64.8 Å². The van der Waals surface area contributed by atoms with Crippen molar-refractivity contribution in [2.24, 2.45) is 0 Å². The number of nitrogens with zero attached hydrogens (tertiary/aromatic N) is 2. The Morgan fingerprint density at radius 1 is 1.18 bits per heavy atom. The summed E-state index contributed by atoms with van der Waals surface area (Å²) >= 11 is 0. The van der Waals surface area contributed by atoms with Crippen LogP contribution in [0.3, 0.4) is 0 Å². The third-order valence-electron chi connectivity index (χ3n) is 5.30. The zero-order chi connectivity index (χ0) is 19.7. The first-order valence-corrected chi connectivity index (χ1v) is 9.50. The smallest absolute Gasteiger partial charge is 0.254 e. The number of carbonyl (C=O) groups is 1. The predicted molar refractivity (Wildman–Crippen MR) is 106 cm³/mol. The van der Waals surface area contributed by atoms with E-state index in [-0.39, 0.29) is 5.91 Å². The molecular formula is C22H24N2O4. The Labute approximate surface area is 164 Å². The molecule has 0 unspecified atom stereocenters. The van der Waals surface area contributed by atoms with Gasteiger partial charge in [0.1, 0.15) is 5.52 Å². The van der Waals surface area contributed by atoms with Gasteiger partial charge in [0.2, 0.25) is 0 Å². The second kappa shape index (κ2) is 7.54. The molecule has 1 saturated heterocycles. The first-order valence-electron chi connectivity index (χ1n) is 9.50. The molecule has 0 radical (unpaired) electrons. The summed E-state index contributed by atoms with van der Waals surface area (Å²) in [6, 6.07) is 11.5. The molecule has 1 atom stereocenters. The molecule has 1 aliphatic heterocycles. The molecule has 6 nitrogen and oxygen atoms in total. The number of benzene rings is 2. The predicted octanol–water partition coefficient (Wildman–Crippen LogP) is 4.06. The SMILES string of the molecule is COc1ccc(Cc2nc3ccc(C(=O)N4CCC[C@H]4C)cc3o2)cc1OC. The Hall–Kier alpha value is -3.02. The molecule has 0 spiro atoms. The highest BCUT2D eigenvalue weighted by molar-refractivity contribution is 5.97. The number of aromatic nitrogens is 1. The zero-order valence-electron chi connectivity index (χ0n) is 16.4. The number of ether oxygens (including phenoxy) is 2. The van der Waals surface area contributed by atoms with Gasteiger partial charge in [0, 0.05) is 24.6 Å². The molecule has 6 heteroatoms. The first kappa shape index (κ1) is 18.3. The largest absolute Gasteiger partial charge is 0.493 e. The lowest BCUT2D eigenvalue weighted by atomic mass is 10.1. The van der Waals surface area contributed by atoms with Crippen LogP contribution < -0.4 is 9.47 Å². The van der Waals surface area contributed by atoms with Crippen LogP contribution in [0.5, 0.6) is 11.5 Å². The first-order chi connectivity index (χ1) is 13.6. The van der Waals surface area contributed by atoms with E-state index in [0.717, 1.165) is 30.5 Å². The third kappa shape index (κ3) is 3.42. The maximum absolute atomic E-state index is 12.8. The summed E-state index contributed by atoms with van der Waals surface area (Å²) in [5, 5.41) is 0. The second-order valence-electron chi connectivity index (χ2n) is 7.15. The van der Waals surface area contributed by atoms with E-state index in [2.05, 4.69) is 11.9 Å². The normalized spacial score (nSPS) is 16.5. The number of rotatable bonds is 5. The van der Waals surface area contributed by atoms with Crippen molar-refractivity contribution in [3.8, 4) is 11.5 Å². The van der Waals surface area contributed by atoms with Gasteiger partial charge >= 0.3 is 0 Å². The maximum Gasteiger partial charge on any atom is 0.254 e. The Balaban J connectivity index is 1.57.